The molecule has 1 aromatic rings. The summed E-state index contributed by atoms with van der Waals surface area (Å²) in [5, 5.41) is 12.1. The van der Waals surface area contributed by atoms with Gasteiger partial charge in [0.2, 0.25) is 0 Å². The summed E-state index contributed by atoms with van der Waals surface area (Å²) in [5.41, 5.74) is 1.41. The number of ether oxygens (including phenoxy) is 2. The Morgan fingerprint density at radius 2 is 2.33 bits per heavy atom. The molecule has 0 radical (unpaired) electrons. The first kappa shape index (κ1) is 10.3. The van der Waals surface area contributed by atoms with Crippen LogP contribution in [0.2, 0.25) is 0 Å². The van der Waals surface area contributed by atoms with Crippen molar-refractivity contribution in [3.63, 3.8) is 0 Å². The molecule has 0 aliphatic carbocycles. The highest BCUT2D eigenvalue weighted by Gasteiger charge is 2.19. The van der Waals surface area contributed by atoms with Gasteiger partial charge in [0, 0.05) is 12.0 Å². The molecule has 2 rings (SSSR count). The molecule has 0 atom stereocenters. The first-order valence-corrected chi connectivity index (χ1v) is 5.27. The number of rotatable bonds is 1. The van der Waals surface area contributed by atoms with E-state index in [0.29, 0.717) is 30.2 Å². The predicted molar refractivity (Wildman–Crippen MR) is 59.1 cm³/mol. The lowest BCUT2D eigenvalue weighted by Crippen LogP contribution is -2.16. The van der Waals surface area contributed by atoms with E-state index in [4.69, 9.17) is 14.7 Å². The summed E-state index contributed by atoms with van der Waals surface area (Å²) in [6.45, 7) is 0.533. The third-order valence-electron chi connectivity index (χ3n) is 2.28. The second kappa shape index (κ2) is 4.10. The average Bonchev–Trinajstić information content (AvgIpc) is 2.27. The van der Waals surface area contributed by atoms with Gasteiger partial charge in [0.05, 0.1) is 23.9 Å². The van der Waals surface area contributed by atoms with E-state index in [1.807, 2.05) is 6.07 Å². The van der Waals surface area contributed by atoms with Crippen molar-refractivity contribution in [3.05, 3.63) is 22.2 Å². The lowest BCUT2D eigenvalue weighted by molar-refractivity contribution is 0.297. The lowest BCUT2D eigenvalue weighted by atomic mass is 10.0. The molecule has 0 unspecified atom stereocenters. The maximum Gasteiger partial charge on any atom is 0.133 e. The van der Waals surface area contributed by atoms with Crippen LogP contribution in [0.15, 0.2) is 21.8 Å². The average molecular weight is 272 g/mol. The van der Waals surface area contributed by atoms with Crippen molar-refractivity contribution in [2.24, 2.45) is 5.16 Å². The molecule has 1 heterocycles. The molecule has 1 N–H and O–H groups in total. The molecular formula is C10H10BrNO3. The maximum absolute atomic E-state index is 8.85. The number of halogens is 1. The van der Waals surface area contributed by atoms with Crippen LogP contribution in [-0.2, 0) is 0 Å². The molecule has 0 bridgehead atoms. The Morgan fingerprint density at radius 3 is 3.00 bits per heavy atom. The van der Waals surface area contributed by atoms with Gasteiger partial charge in [-0.2, -0.15) is 0 Å². The summed E-state index contributed by atoms with van der Waals surface area (Å²) in [5.74, 6) is 1.40. The number of oxime groups is 1. The molecule has 0 spiro atoms. The van der Waals surface area contributed by atoms with Gasteiger partial charge in [-0.25, -0.2) is 0 Å². The Kier molecular flexibility index (Phi) is 2.81. The third-order valence-corrected chi connectivity index (χ3v) is 2.90. The summed E-state index contributed by atoms with van der Waals surface area (Å²) >= 11 is 3.37. The first-order chi connectivity index (χ1) is 7.26. The zero-order chi connectivity index (χ0) is 10.8. The zero-order valence-corrected chi connectivity index (χ0v) is 9.74. The summed E-state index contributed by atoms with van der Waals surface area (Å²) < 4.78 is 11.4. The van der Waals surface area contributed by atoms with Crippen molar-refractivity contribution >= 4 is 21.6 Å². The monoisotopic (exact) mass is 271 g/mol. The van der Waals surface area contributed by atoms with Crippen LogP contribution in [0, 0.1) is 0 Å². The van der Waals surface area contributed by atoms with Crippen molar-refractivity contribution in [1.29, 1.82) is 0 Å². The molecule has 0 saturated heterocycles. The topological polar surface area (TPSA) is 51.0 Å². The second-order valence-electron chi connectivity index (χ2n) is 3.13. The lowest BCUT2D eigenvalue weighted by Gasteiger charge is -2.19. The van der Waals surface area contributed by atoms with E-state index in [1.165, 1.54) is 0 Å². The van der Waals surface area contributed by atoms with E-state index in [2.05, 4.69) is 21.1 Å². The number of nitrogens with zero attached hydrogens (tertiary/aromatic N) is 1. The quantitative estimate of drug-likeness (QED) is 0.631. The van der Waals surface area contributed by atoms with Crippen LogP contribution in [0.4, 0.5) is 0 Å². The highest BCUT2D eigenvalue weighted by Crippen LogP contribution is 2.35. The van der Waals surface area contributed by atoms with E-state index >= 15 is 0 Å². The minimum Gasteiger partial charge on any atom is -0.496 e. The molecule has 1 aliphatic rings. The Hall–Kier alpha value is -1.23. The SMILES string of the molecule is COc1cc2c(cc1Br)OCC/C2=N/O. The number of methoxy groups -OCH3 is 1. The van der Waals surface area contributed by atoms with Gasteiger partial charge in [-0.3, -0.25) is 0 Å². The van der Waals surface area contributed by atoms with E-state index in [9.17, 15) is 0 Å². The summed E-state index contributed by atoms with van der Waals surface area (Å²) in [4.78, 5) is 0. The Bertz CT molecular complexity index is 417. The van der Waals surface area contributed by atoms with Crippen LogP contribution in [0.1, 0.15) is 12.0 Å². The summed E-state index contributed by atoms with van der Waals surface area (Å²) in [7, 11) is 1.59. The van der Waals surface area contributed by atoms with Crippen LogP contribution >= 0.6 is 15.9 Å². The van der Waals surface area contributed by atoms with Gasteiger partial charge in [-0.15, -0.1) is 0 Å². The van der Waals surface area contributed by atoms with Gasteiger partial charge in [-0.1, -0.05) is 5.16 Å². The van der Waals surface area contributed by atoms with E-state index < -0.39 is 0 Å². The van der Waals surface area contributed by atoms with Gasteiger partial charge in [0.1, 0.15) is 11.5 Å². The fourth-order valence-electron chi connectivity index (χ4n) is 1.53. The minimum atomic E-state index is 0.533. The molecule has 1 aromatic carbocycles. The molecule has 0 aromatic heterocycles. The molecule has 1 aliphatic heterocycles. The van der Waals surface area contributed by atoms with Crippen LogP contribution in [0.5, 0.6) is 11.5 Å². The van der Waals surface area contributed by atoms with Gasteiger partial charge in [0.15, 0.2) is 0 Å². The number of hydrogen-bond acceptors (Lipinski definition) is 4. The van der Waals surface area contributed by atoms with Gasteiger partial charge >= 0.3 is 0 Å². The number of benzene rings is 1. The van der Waals surface area contributed by atoms with Crippen molar-refractivity contribution in [2.45, 2.75) is 6.42 Å². The smallest absolute Gasteiger partial charge is 0.133 e. The fraction of sp³-hybridized carbons (Fsp3) is 0.300. The van der Waals surface area contributed by atoms with Crippen LogP contribution in [0.3, 0.4) is 0 Å². The van der Waals surface area contributed by atoms with Crippen molar-refractivity contribution in [3.8, 4) is 11.5 Å². The fourth-order valence-corrected chi connectivity index (χ4v) is 2.02. The van der Waals surface area contributed by atoms with Gasteiger partial charge in [0.25, 0.3) is 0 Å². The van der Waals surface area contributed by atoms with Crippen LogP contribution < -0.4 is 9.47 Å². The highest BCUT2D eigenvalue weighted by molar-refractivity contribution is 9.10. The van der Waals surface area contributed by atoms with Crippen LogP contribution in [0.25, 0.3) is 0 Å². The summed E-state index contributed by atoms with van der Waals surface area (Å²) in [6.07, 6.45) is 0.605. The summed E-state index contributed by atoms with van der Waals surface area (Å²) in [6, 6.07) is 3.62. The maximum atomic E-state index is 8.85. The van der Waals surface area contributed by atoms with Crippen molar-refractivity contribution in [2.75, 3.05) is 13.7 Å². The Balaban J connectivity index is 2.56. The van der Waals surface area contributed by atoms with E-state index in [0.717, 1.165) is 10.0 Å². The first-order valence-electron chi connectivity index (χ1n) is 4.48. The van der Waals surface area contributed by atoms with Crippen molar-refractivity contribution in [1.82, 2.24) is 0 Å². The zero-order valence-electron chi connectivity index (χ0n) is 8.16. The molecule has 80 valence electrons. The molecule has 4 nitrogen and oxygen atoms in total. The number of hydrogen-bond donors (Lipinski definition) is 1. The van der Waals surface area contributed by atoms with Gasteiger partial charge < -0.3 is 14.7 Å². The van der Waals surface area contributed by atoms with Gasteiger partial charge in [-0.05, 0) is 28.1 Å². The molecule has 15 heavy (non-hydrogen) atoms. The predicted octanol–water partition coefficient (Wildman–Crippen LogP) is 2.42. The Labute approximate surface area is 95.6 Å². The minimum absolute atomic E-state index is 0.533. The second-order valence-corrected chi connectivity index (χ2v) is 3.98. The third kappa shape index (κ3) is 1.79. The standard InChI is InChI=1S/C10H10BrNO3/c1-14-10-4-6-8(12-13)2-3-15-9(6)5-7(10)11/h4-5,13H,2-3H2,1H3/b12-8-. The molecule has 0 amide bonds. The molecule has 0 fully saturated rings. The van der Waals surface area contributed by atoms with E-state index in [1.54, 1.807) is 13.2 Å². The Morgan fingerprint density at radius 1 is 1.53 bits per heavy atom. The number of fused-ring (bicyclic) bond motifs is 1. The van der Waals surface area contributed by atoms with E-state index in [-0.39, 0.29) is 0 Å². The normalized spacial score (nSPS) is 17.1. The van der Waals surface area contributed by atoms with Crippen LogP contribution in [-0.4, -0.2) is 24.6 Å². The molecule has 5 heteroatoms. The highest BCUT2D eigenvalue weighted by atomic mass is 79.9. The largest absolute Gasteiger partial charge is 0.496 e. The molecule has 0 saturated carbocycles. The molecular weight excluding hydrogens is 262 g/mol. The van der Waals surface area contributed by atoms with Crippen molar-refractivity contribution < 1.29 is 14.7 Å².